The molecular weight excluding hydrogens is 148 g/mol. The number of nitrogens with two attached hydrogens (primary N) is 2. The van der Waals surface area contributed by atoms with Gasteiger partial charge in [-0.2, -0.15) is 0 Å². The first-order valence-corrected chi connectivity index (χ1v) is 4.33. The lowest BCUT2D eigenvalue weighted by Crippen LogP contribution is -2.07. The average molecular weight is 162 g/mol. The summed E-state index contributed by atoms with van der Waals surface area (Å²) in [5.41, 5.74) is 16.6. The lowest BCUT2D eigenvalue weighted by molar-refractivity contribution is 0.710. The highest BCUT2D eigenvalue weighted by atomic mass is 14.7. The highest BCUT2D eigenvalue weighted by Gasteiger charge is 2.22. The van der Waals surface area contributed by atoms with E-state index in [1.54, 1.807) is 0 Å². The molecule has 1 aromatic carbocycles. The fraction of sp³-hybridized carbons (Fsp3) is 0.400. The van der Waals surface area contributed by atoms with Crippen LogP contribution >= 0.6 is 0 Å². The number of aryl methyl sites for hydroxylation is 1. The molecule has 0 bridgehead atoms. The zero-order valence-electron chi connectivity index (χ0n) is 7.30. The number of benzene rings is 1. The second kappa shape index (κ2) is 2.49. The first-order valence-electron chi connectivity index (χ1n) is 4.33. The summed E-state index contributed by atoms with van der Waals surface area (Å²) in [6.07, 6.45) is 2.09. The van der Waals surface area contributed by atoms with Crippen LogP contribution in [0.25, 0.3) is 0 Å². The number of hydrogen-bond acceptors (Lipinski definition) is 2. The van der Waals surface area contributed by atoms with E-state index in [1.165, 1.54) is 16.7 Å². The first-order chi connectivity index (χ1) is 5.70. The van der Waals surface area contributed by atoms with E-state index in [-0.39, 0.29) is 6.04 Å². The Labute approximate surface area is 72.6 Å². The van der Waals surface area contributed by atoms with Gasteiger partial charge in [0.15, 0.2) is 0 Å². The van der Waals surface area contributed by atoms with Crippen LogP contribution in [0.4, 0.5) is 5.69 Å². The van der Waals surface area contributed by atoms with Crippen molar-refractivity contribution in [2.24, 2.45) is 5.73 Å². The average Bonchev–Trinajstić information content (AvgIpc) is 2.42. The Morgan fingerprint density at radius 3 is 2.83 bits per heavy atom. The van der Waals surface area contributed by atoms with Crippen LogP contribution in [0.15, 0.2) is 12.1 Å². The number of nitrogen functional groups attached to an aromatic ring is 1. The summed E-state index contributed by atoms with van der Waals surface area (Å²) in [5, 5.41) is 0. The molecule has 0 aromatic heterocycles. The minimum Gasteiger partial charge on any atom is -0.398 e. The van der Waals surface area contributed by atoms with E-state index in [1.807, 2.05) is 6.07 Å². The Balaban J connectivity index is 2.64. The van der Waals surface area contributed by atoms with Crippen molar-refractivity contribution in [2.75, 3.05) is 5.73 Å². The van der Waals surface area contributed by atoms with E-state index < -0.39 is 0 Å². The topological polar surface area (TPSA) is 52.0 Å². The maximum Gasteiger partial charge on any atom is 0.0350 e. The first kappa shape index (κ1) is 7.62. The van der Waals surface area contributed by atoms with Crippen LogP contribution in [0.3, 0.4) is 0 Å². The molecular formula is C10H14N2. The van der Waals surface area contributed by atoms with Crippen molar-refractivity contribution in [3.63, 3.8) is 0 Å². The Morgan fingerprint density at radius 1 is 1.42 bits per heavy atom. The van der Waals surface area contributed by atoms with Gasteiger partial charge in [0.05, 0.1) is 0 Å². The summed E-state index contributed by atoms with van der Waals surface area (Å²) in [5.74, 6) is 0. The smallest absolute Gasteiger partial charge is 0.0350 e. The molecule has 0 saturated heterocycles. The van der Waals surface area contributed by atoms with Crippen LogP contribution < -0.4 is 11.5 Å². The Bertz CT molecular complexity index is 318. The van der Waals surface area contributed by atoms with Crippen LogP contribution in [0, 0.1) is 6.92 Å². The van der Waals surface area contributed by atoms with E-state index in [2.05, 4.69) is 13.0 Å². The van der Waals surface area contributed by atoms with Gasteiger partial charge in [-0.3, -0.25) is 0 Å². The van der Waals surface area contributed by atoms with Crippen LogP contribution in [-0.4, -0.2) is 0 Å². The molecule has 0 amide bonds. The van der Waals surface area contributed by atoms with Gasteiger partial charge < -0.3 is 11.5 Å². The molecule has 4 N–H and O–H groups in total. The molecule has 1 aromatic rings. The molecule has 2 rings (SSSR count). The predicted octanol–water partition coefficient (Wildman–Crippen LogP) is 1.52. The van der Waals surface area contributed by atoms with Crippen molar-refractivity contribution in [2.45, 2.75) is 25.8 Å². The highest BCUT2D eigenvalue weighted by molar-refractivity contribution is 5.56. The van der Waals surface area contributed by atoms with E-state index in [0.29, 0.717) is 0 Å². The van der Waals surface area contributed by atoms with Crippen molar-refractivity contribution >= 4 is 5.69 Å². The van der Waals surface area contributed by atoms with Crippen molar-refractivity contribution < 1.29 is 0 Å². The standard InChI is InChI=1S/C10H14N2/c1-6-2-4-8(11)7-3-5-9(12)10(6)7/h2,4,9H,3,5,11-12H2,1H3. The molecule has 1 aliphatic carbocycles. The summed E-state index contributed by atoms with van der Waals surface area (Å²) in [4.78, 5) is 0. The third-order valence-corrected chi connectivity index (χ3v) is 2.69. The zero-order chi connectivity index (χ0) is 8.72. The van der Waals surface area contributed by atoms with E-state index in [0.717, 1.165) is 18.5 Å². The molecule has 1 unspecified atom stereocenters. The molecule has 0 fully saturated rings. The van der Waals surface area contributed by atoms with Gasteiger partial charge in [0.25, 0.3) is 0 Å². The molecule has 2 heteroatoms. The van der Waals surface area contributed by atoms with Gasteiger partial charge in [-0.1, -0.05) is 6.07 Å². The van der Waals surface area contributed by atoms with Crippen molar-refractivity contribution in [3.05, 3.63) is 28.8 Å². The number of rotatable bonds is 0. The van der Waals surface area contributed by atoms with E-state index >= 15 is 0 Å². The maximum absolute atomic E-state index is 5.96. The summed E-state index contributed by atoms with van der Waals surface area (Å²) >= 11 is 0. The molecule has 0 aliphatic heterocycles. The molecule has 0 saturated carbocycles. The zero-order valence-corrected chi connectivity index (χ0v) is 7.30. The SMILES string of the molecule is Cc1ccc(N)c2c1C(N)CC2. The number of hydrogen-bond donors (Lipinski definition) is 2. The monoisotopic (exact) mass is 162 g/mol. The van der Waals surface area contributed by atoms with Crippen molar-refractivity contribution in [1.82, 2.24) is 0 Å². The molecule has 0 spiro atoms. The maximum atomic E-state index is 5.96. The lowest BCUT2D eigenvalue weighted by Gasteiger charge is -2.09. The summed E-state index contributed by atoms with van der Waals surface area (Å²) < 4.78 is 0. The van der Waals surface area contributed by atoms with E-state index in [9.17, 15) is 0 Å². The Kier molecular flexibility index (Phi) is 1.58. The van der Waals surface area contributed by atoms with Crippen LogP contribution in [-0.2, 0) is 6.42 Å². The van der Waals surface area contributed by atoms with Crippen LogP contribution in [0.1, 0.15) is 29.2 Å². The predicted molar refractivity (Wildman–Crippen MR) is 50.8 cm³/mol. The van der Waals surface area contributed by atoms with Gasteiger partial charge in [0.1, 0.15) is 0 Å². The highest BCUT2D eigenvalue weighted by Crippen LogP contribution is 2.35. The minimum absolute atomic E-state index is 0.212. The quantitative estimate of drug-likeness (QED) is 0.568. The lowest BCUT2D eigenvalue weighted by atomic mass is 10.0. The van der Waals surface area contributed by atoms with E-state index in [4.69, 9.17) is 11.5 Å². The van der Waals surface area contributed by atoms with Crippen molar-refractivity contribution in [3.8, 4) is 0 Å². The normalized spacial score (nSPS) is 21.0. The molecule has 0 radical (unpaired) electrons. The van der Waals surface area contributed by atoms with Gasteiger partial charge in [0, 0.05) is 11.7 Å². The second-order valence-electron chi connectivity index (χ2n) is 3.51. The van der Waals surface area contributed by atoms with Gasteiger partial charge in [-0.05, 0) is 42.5 Å². The molecule has 1 atom stereocenters. The number of anilines is 1. The fourth-order valence-corrected chi connectivity index (χ4v) is 2.04. The van der Waals surface area contributed by atoms with Crippen molar-refractivity contribution in [1.29, 1.82) is 0 Å². The molecule has 1 aliphatic rings. The second-order valence-corrected chi connectivity index (χ2v) is 3.51. The van der Waals surface area contributed by atoms with Gasteiger partial charge in [-0.15, -0.1) is 0 Å². The van der Waals surface area contributed by atoms with Crippen LogP contribution in [0.2, 0.25) is 0 Å². The number of fused-ring (bicyclic) bond motifs is 1. The van der Waals surface area contributed by atoms with Gasteiger partial charge in [-0.25, -0.2) is 0 Å². The molecule has 2 nitrogen and oxygen atoms in total. The molecule has 64 valence electrons. The fourth-order valence-electron chi connectivity index (χ4n) is 2.04. The Hall–Kier alpha value is -1.02. The Morgan fingerprint density at radius 2 is 2.17 bits per heavy atom. The van der Waals surface area contributed by atoms with Crippen LogP contribution in [0.5, 0.6) is 0 Å². The third-order valence-electron chi connectivity index (χ3n) is 2.69. The summed E-state index contributed by atoms with van der Waals surface area (Å²) in [6, 6.07) is 4.24. The van der Waals surface area contributed by atoms with Gasteiger partial charge >= 0.3 is 0 Å². The largest absolute Gasteiger partial charge is 0.398 e. The minimum atomic E-state index is 0.212. The third kappa shape index (κ3) is 0.916. The molecule has 12 heavy (non-hydrogen) atoms. The van der Waals surface area contributed by atoms with Gasteiger partial charge in [0.2, 0.25) is 0 Å². The summed E-state index contributed by atoms with van der Waals surface area (Å²) in [6.45, 7) is 2.10. The molecule has 0 heterocycles. The summed E-state index contributed by atoms with van der Waals surface area (Å²) in [7, 11) is 0.